The van der Waals surface area contributed by atoms with E-state index < -0.39 is 0 Å². The monoisotopic (exact) mass is 479 g/mol. The molecule has 0 saturated carbocycles. The molecule has 1 aliphatic rings. The largest absolute Gasteiger partial charge is 0.309 e. The SMILES string of the molecule is CC1(C)CCN(Cc2ccc3nc(Cn4ccc5c(Br)cncc5c4=O)cn3c2)CC1. The number of aromatic nitrogens is 4. The van der Waals surface area contributed by atoms with Crippen LogP contribution in [-0.4, -0.2) is 36.9 Å². The third kappa shape index (κ3) is 4.16. The summed E-state index contributed by atoms with van der Waals surface area (Å²) in [6.07, 6.45) is 11.8. The molecule has 0 aromatic carbocycles. The number of likely N-dealkylation sites (tertiary alicyclic amines) is 1. The third-order valence-corrected chi connectivity index (χ3v) is 6.99. The number of halogens is 1. The molecule has 4 aromatic rings. The van der Waals surface area contributed by atoms with Gasteiger partial charge in [0.05, 0.1) is 17.6 Å². The molecule has 0 unspecified atom stereocenters. The predicted molar refractivity (Wildman–Crippen MR) is 126 cm³/mol. The van der Waals surface area contributed by atoms with Crippen molar-refractivity contribution in [1.82, 2.24) is 23.8 Å². The van der Waals surface area contributed by atoms with E-state index in [0.717, 1.165) is 40.8 Å². The summed E-state index contributed by atoms with van der Waals surface area (Å²) < 4.78 is 4.59. The topological polar surface area (TPSA) is 55.4 Å². The molecule has 0 aliphatic carbocycles. The summed E-state index contributed by atoms with van der Waals surface area (Å²) in [7, 11) is 0. The molecule has 160 valence electrons. The van der Waals surface area contributed by atoms with Crippen LogP contribution in [0.25, 0.3) is 16.4 Å². The Balaban J connectivity index is 1.36. The molecule has 0 bridgehead atoms. The van der Waals surface area contributed by atoms with Crippen LogP contribution >= 0.6 is 15.9 Å². The van der Waals surface area contributed by atoms with Crippen molar-refractivity contribution in [3.05, 3.63) is 75.3 Å². The third-order valence-electron chi connectivity index (χ3n) is 6.36. The van der Waals surface area contributed by atoms with Gasteiger partial charge in [0.25, 0.3) is 5.56 Å². The van der Waals surface area contributed by atoms with Crippen molar-refractivity contribution in [3.8, 4) is 0 Å². The van der Waals surface area contributed by atoms with Crippen molar-refractivity contribution < 1.29 is 0 Å². The zero-order chi connectivity index (χ0) is 21.6. The molecular formula is C24H26BrN5O. The second kappa shape index (κ2) is 7.88. The smallest absolute Gasteiger partial charge is 0.260 e. The Morgan fingerprint density at radius 3 is 2.65 bits per heavy atom. The van der Waals surface area contributed by atoms with E-state index in [4.69, 9.17) is 4.98 Å². The first-order valence-corrected chi connectivity index (χ1v) is 11.5. The highest BCUT2D eigenvalue weighted by atomic mass is 79.9. The van der Waals surface area contributed by atoms with E-state index >= 15 is 0 Å². The summed E-state index contributed by atoms with van der Waals surface area (Å²) in [5.74, 6) is 0. The second-order valence-corrected chi connectivity index (χ2v) is 10.2. The van der Waals surface area contributed by atoms with Crippen LogP contribution in [-0.2, 0) is 13.1 Å². The molecule has 1 aliphatic heterocycles. The number of rotatable bonds is 4. The lowest BCUT2D eigenvalue weighted by atomic mass is 9.82. The number of hydrogen-bond acceptors (Lipinski definition) is 4. The van der Waals surface area contributed by atoms with Crippen molar-refractivity contribution in [2.45, 2.75) is 39.8 Å². The molecule has 4 aromatic heterocycles. The van der Waals surface area contributed by atoms with Gasteiger partial charge in [-0.25, -0.2) is 4.98 Å². The Kier molecular flexibility index (Phi) is 5.18. The van der Waals surface area contributed by atoms with E-state index in [1.54, 1.807) is 17.0 Å². The molecule has 5 rings (SSSR count). The van der Waals surface area contributed by atoms with Crippen LogP contribution in [0.4, 0.5) is 0 Å². The van der Waals surface area contributed by atoms with Gasteiger partial charge in [0.2, 0.25) is 0 Å². The van der Waals surface area contributed by atoms with Gasteiger partial charge in [-0.15, -0.1) is 0 Å². The maximum absolute atomic E-state index is 12.9. The standard InChI is InChI=1S/C24H26BrN5O/c1-24(2)6-9-28(10-7-24)13-17-3-4-22-27-18(16-30(22)14-17)15-29-8-5-19-20(23(29)31)11-26-12-21(19)25/h3-5,8,11-12,14,16H,6-7,9-10,13,15H2,1-2H3. The molecular weight excluding hydrogens is 454 g/mol. The van der Waals surface area contributed by atoms with Gasteiger partial charge in [-0.1, -0.05) is 19.9 Å². The molecule has 0 N–H and O–H groups in total. The lowest BCUT2D eigenvalue weighted by Crippen LogP contribution is -2.36. The molecule has 31 heavy (non-hydrogen) atoms. The van der Waals surface area contributed by atoms with Gasteiger partial charge in [0, 0.05) is 47.4 Å². The summed E-state index contributed by atoms with van der Waals surface area (Å²) in [6.45, 7) is 8.41. The van der Waals surface area contributed by atoms with Gasteiger partial charge in [0.15, 0.2) is 0 Å². The summed E-state index contributed by atoms with van der Waals surface area (Å²) in [4.78, 5) is 24.3. The molecule has 0 amide bonds. The number of pyridine rings is 3. The summed E-state index contributed by atoms with van der Waals surface area (Å²) >= 11 is 3.46. The minimum Gasteiger partial charge on any atom is -0.309 e. The number of fused-ring (bicyclic) bond motifs is 2. The highest BCUT2D eigenvalue weighted by molar-refractivity contribution is 9.10. The molecule has 5 heterocycles. The van der Waals surface area contributed by atoms with E-state index in [0.29, 0.717) is 17.3 Å². The molecule has 6 nitrogen and oxygen atoms in total. The van der Waals surface area contributed by atoms with Crippen LogP contribution in [0.2, 0.25) is 0 Å². The fraction of sp³-hybridized carbons (Fsp3) is 0.375. The van der Waals surface area contributed by atoms with Crippen molar-refractivity contribution in [2.24, 2.45) is 5.41 Å². The summed E-state index contributed by atoms with van der Waals surface area (Å²) in [5.41, 5.74) is 3.46. The van der Waals surface area contributed by atoms with Crippen molar-refractivity contribution in [3.63, 3.8) is 0 Å². The fourth-order valence-electron chi connectivity index (χ4n) is 4.31. The highest BCUT2D eigenvalue weighted by Crippen LogP contribution is 2.30. The van der Waals surface area contributed by atoms with Crippen molar-refractivity contribution in [2.75, 3.05) is 13.1 Å². The first-order valence-electron chi connectivity index (χ1n) is 10.7. The molecule has 0 radical (unpaired) electrons. The van der Waals surface area contributed by atoms with Crippen LogP contribution in [0.5, 0.6) is 0 Å². The van der Waals surface area contributed by atoms with Gasteiger partial charge >= 0.3 is 0 Å². The molecule has 0 spiro atoms. The normalized spacial score (nSPS) is 16.9. The van der Waals surface area contributed by atoms with Crippen LogP contribution in [0.15, 0.2) is 58.5 Å². The Morgan fingerprint density at radius 1 is 1.03 bits per heavy atom. The van der Waals surface area contributed by atoms with E-state index in [2.05, 4.69) is 62.4 Å². The molecule has 1 fully saturated rings. The van der Waals surface area contributed by atoms with Gasteiger partial charge in [-0.05, 0) is 65.0 Å². The summed E-state index contributed by atoms with van der Waals surface area (Å²) in [6, 6.07) is 6.17. The maximum Gasteiger partial charge on any atom is 0.260 e. The average Bonchev–Trinajstić information content (AvgIpc) is 3.14. The summed E-state index contributed by atoms with van der Waals surface area (Å²) in [5, 5.41) is 1.48. The minimum absolute atomic E-state index is 0.0583. The first kappa shape index (κ1) is 20.4. The van der Waals surface area contributed by atoms with E-state index in [1.165, 1.54) is 18.4 Å². The van der Waals surface area contributed by atoms with Crippen molar-refractivity contribution >= 4 is 32.3 Å². The molecule has 0 atom stereocenters. The van der Waals surface area contributed by atoms with Crippen LogP contribution in [0, 0.1) is 5.41 Å². The predicted octanol–water partition coefficient (Wildman–Crippen LogP) is 4.48. The van der Waals surface area contributed by atoms with E-state index in [1.807, 2.05) is 18.5 Å². The van der Waals surface area contributed by atoms with Gasteiger partial charge in [-0.2, -0.15) is 0 Å². The maximum atomic E-state index is 12.9. The lowest BCUT2D eigenvalue weighted by molar-refractivity contribution is 0.127. The Hall–Kier alpha value is -2.51. The Morgan fingerprint density at radius 2 is 1.84 bits per heavy atom. The van der Waals surface area contributed by atoms with E-state index in [9.17, 15) is 4.79 Å². The second-order valence-electron chi connectivity index (χ2n) is 9.31. The van der Waals surface area contributed by atoms with Crippen LogP contribution < -0.4 is 5.56 Å². The lowest BCUT2D eigenvalue weighted by Gasteiger charge is -2.36. The minimum atomic E-state index is -0.0583. The van der Waals surface area contributed by atoms with Gasteiger partial charge in [0.1, 0.15) is 5.65 Å². The number of nitrogens with zero attached hydrogens (tertiary/aromatic N) is 5. The first-order chi connectivity index (χ1) is 14.9. The highest BCUT2D eigenvalue weighted by Gasteiger charge is 2.25. The fourth-order valence-corrected chi connectivity index (χ4v) is 4.77. The van der Waals surface area contributed by atoms with Gasteiger partial charge in [-0.3, -0.25) is 14.7 Å². The van der Waals surface area contributed by atoms with Crippen LogP contribution in [0.1, 0.15) is 37.9 Å². The average molecular weight is 480 g/mol. The van der Waals surface area contributed by atoms with E-state index in [-0.39, 0.29) is 5.56 Å². The quantitative estimate of drug-likeness (QED) is 0.433. The molecule has 1 saturated heterocycles. The number of imidazole rings is 1. The Bertz CT molecular complexity index is 1310. The zero-order valence-electron chi connectivity index (χ0n) is 17.9. The zero-order valence-corrected chi connectivity index (χ0v) is 19.5. The van der Waals surface area contributed by atoms with Crippen LogP contribution in [0.3, 0.4) is 0 Å². The number of piperidine rings is 1. The van der Waals surface area contributed by atoms with Gasteiger partial charge < -0.3 is 8.97 Å². The number of hydrogen-bond donors (Lipinski definition) is 0. The van der Waals surface area contributed by atoms with Crippen molar-refractivity contribution in [1.29, 1.82) is 0 Å². The molecule has 7 heteroatoms. The Labute approximate surface area is 189 Å².